The van der Waals surface area contributed by atoms with E-state index in [9.17, 15) is 5.11 Å². The second-order valence-corrected chi connectivity index (χ2v) is 5.60. The number of unbranched alkanes of at least 4 members (excludes halogenated alkanes) is 3. The molecule has 0 saturated heterocycles. The van der Waals surface area contributed by atoms with Gasteiger partial charge in [-0.1, -0.05) is 50.8 Å². The summed E-state index contributed by atoms with van der Waals surface area (Å²) in [6, 6.07) is 9.67. The molecule has 0 aromatic heterocycles. The highest BCUT2D eigenvalue weighted by Crippen LogP contribution is 2.14. The molecule has 0 fully saturated rings. The number of rotatable bonds is 14. The number of ether oxygens (including phenoxy) is 3. The maximum absolute atomic E-state index is 9.60. The first-order valence-electron chi connectivity index (χ1n) is 8.83. The van der Waals surface area contributed by atoms with Crippen LogP contribution in [0.4, 0.5) is 0 Å². The first-order chi connectivity index (χ1) is 11.3. The molecular weight excluding hydrogens is 292 g/mol. The maximum atomic E-state index is 9.60. The third-order valence-corrected chi connectivity index (χ3v) is 3.74. The van der Waals surface area contributed by atoms with E-state index in [-0.39, 0.29) is 18.8 Å². The Morgan fingerprint density at radius 2 is 1.70 bits per heavy atom. The third-order valence-electron chi connectivity index (χ3n) is 3.74. The van der Waals surface area contributed by atoms with Gasteiger partial charge in [-0.05, 0) is 25.5 Å². The monoisotopic (exact) mass is 324 g/mol. The molecule has 0 bridgehead atoms. The van der Waals surface area contributed by atoms with Crippen LogP contribution in [0, 0.1) is 0 Å². The molecule has 2 atom stereocenters. The molecule has 23 heavy (non-hydrogen) atoms. The van der Waals surface area contributed by atoms with E-state index in [2.05, 4.69) is 6.92 Å². The van der Waals surface area contributed by atoms with Gasteiger partial charge >= 0.3 is 0 Å². The van der Waals surface area contributed by atoms with Gasteiger partial charge in [0.2, 0.25) is 0 Å². The third kappa shape index (κ3) is 8.94. The molecule has 132 valence electrons. The Kier molecular flexibility index (Phi) is 11.6. The summed E-state index contributed by atoms with van der Waals surface area (Å²) in [6.07, 6.45) is 5.38. The van der Waals surface area contributed by atoms with E-state index in [0.717, 1.165) is 18.6 Å². The molecule has 0 aliphatic heterocycles. The molecule has 0 aliphatic rings. The smallest absolute Gasteiger partial charge is 0.119 e. The molecule has 1 aromatic carbocycles. The highest BCUT2D eigenvalue weighted by atomic mass is 16.6. The highest BCUT2D eigenvalue weighted by Gasteiger charge is 2.21. The maximum Gasteiger partial charge on any atom is 0.119 e. The Morgan fingerprint density at radius 1 is 0.913 bits per heavy atom. The van der Waals surface area contributed by atoms with Crippen molar-refractivity contribution >= 4 is 0 Å². The predicted octanol–water partition coefficient (Wildman–Crippen LogP) is 3.82. The molecule has 1 rings (SSSR count). The lowest BCUT2D eigenvalue weighted by molar-refractivity contribution is -0.0973. The van der Waals surface area contributed by atoms with Crippen molar-refractivity contribution in [2.45, 2.75) is 58.2 Å². The zero-order valence-electron chi connectivity index (χ0n) is 14.6. The van der Waals surface area contributed by atoms with Crippen molar-refractivity contribution in [2.75, 3.05) is 26.4 Å². The van der Waals surface area contributed by atoms with E-state index < -0.39 is 0 Å². The fourth-order valence-corrected chi connectivity index (χ4v) is 2.52. The van der Waals surface area contributed by atoms with E-state index >= 15 is 0 Å². The van der Waals surface area contributed by atoms with Crippen molar-refractivity contribution in [2.24, 2.45) is 0 Å². The van der Waals surface area contributed by atoms with Crippen molar-refractivity contribution in [3.8, 4) is 5.75 Å². The summed E-state index contributed by atoms with van der Waals surface area (Å²) in [6.45, 7) is 5.70. The van der Waals surface area contributed by atoms with E-state index in [4.69, 9.17) is 14.2 Å². The van der Waals surface area contributed by atoms with Gasteiger partial charge in [0.05, 0.1) is 19.3 Å². The van der Waals surface area contributed by atoms with Crippen molar-refractivity contribution in [3.05, 3.63) is 30.3 Å². The van der Waals surface area contributed by atoms with E-state index in [1.54, 1.807) is 0 Å². The minimum absolute atomic E-state index is 0.0240. The van der Waals surface area contributed by atoms with Crippen LogP contribution in [0.5, 0.6) is 5.75 Å². The highest BCUT2D eigenvalue weighted by molar-refractivity contribution is 5.20. The summed E-state index contributed by atoms with van der Waals surface area (Å²) in [4.78, 5) is 0. The van der Waals surface area contributed by atoms with Gasteiger partial charge in [0.1, 0.15) is 18.5 Å². The van der Waals surface area contributed by atoms with Crippen LogP contribution in [-0.2, 0) is 9.47 Å². The molecule has 4 heteroatoms. The first-order valence-corrected chi connectivity index (χ1v) is 8.83. The van der Waals surface area contributed by atoms with Gasteiger partial charge in [0.25, 0.3) is 0 Å². The van der Waals surface area contributed by atoms with Crippen LogP contribution >= 0.6 is 0 Å². The average Bonchev–Trinajstić information content (AvgIpc) is 2.59. The van der Waals surface area contributed by atoms with Gasteiger partial charge < -0.3 is 19.3 Å². The predicted molar refractivity (Wildman–Crippen MR) is 92.9 cm³/mol. The van der Waals surface area contributed by atoms with Gasteiger partial charge in [-0.3, -0.25) is 0 Å². The standard InChI is InChI=1S/C19H32O4/c1-3-5-6-10-13-18(21-4-2)19(16-20)23-15-14-22-17-11-8-7-9-12-17/h7-9,11-12,18-20H,3-6,10,13-16H2,1-2H3. The summed E-state index contributed by atoms with van der Waals surface area (Å²) in [7, 11) is 0. The van der Waals surface area contributed by atoms with Crippen LogP contribution in [0.1, 0.15) is 46.0 Å². The van der Waals surface area contributed by atoms with E-state index in [1.807, 2.05) is 37.3 Å². The van der Waals surface area contributed by atoms with Crippen LogP contribution in [0.15, 0.2) is 30.3 Å². The second kappa shape index (κ2) is 13.3. The second-order valence-electron chi connectivity index (χ2n) is 5.60. The van der Waals surface area contributed by atoms with Gasteiger partial charge in [0, 0.05) is 6.61 Å². The van der Waals surface area contributed by atoms with Crippen molar-refractivity contribution in [1.82, 2.24) is 0 Å². The molecule has 0 spiro atoms. The number of hydrogen-bond acceptors (Lipinski definition) is 4. The summed E-state index contributed by atoms with van der Waals surface area (Å²) in [5.41, 5.74) is 0. The lowest BCUT2D eigenvalue weighted by Gasteiger charge is -2.26. The number of hydrogen-bond donors (Lipinski definition) is 1. The van der Waals surface area contributed by atoms with Crippen molar-refractivity contribution < 1.29 is 19.3 Å². The number of aliphatic hydroxyl groups excluding tert-OH is 1. The molecule has 0 heterocycles. The molecule has 2 unspecified atom stereocenters. The van der Waals surface area contributed by atoms with Crippen LogP contribution in [-0.4, -0.2) is 43.7 Å². The van der Waals surface area contributed by atoms with E-state index in [0.29, 0.717) is 19.8 Å². The zero-order chi connectivity index (χ0) is 16.8. The molecule has 1 aromatic rings. The fraction of sp³-hybridized carbons (Fsp3) is 0.684. The van der Waals surface area contributed by atoms with Gasteiger partial charge in [-0.2, -0.15) is 0 Å². The Morgan fingerprint density at radius 3 is 2.35 bits per heavy atom. The zero-order valence-corrected chi connectivity index (χ0v) is 14.6. The SMILES string of the molecule is CCCCCCC(OCC)C(CO)OCCOc1ccccc1. The summed E-state index contributed by atoms with van der Waals surface area (Å²) >= 11 is 0. The summed E-state index contributed by atoms with van der Waals surface area (Å²) in [5.74, 6) is 0.831. The molecule has 0 saturated carbocycles. The van der Waals surface area contributed by atoms with Crippen LogP contribution in [0.2, 0.25) is 0 Å². The summed E-state index contributed by atoms with van der Waals surface area (Å²) in [5, 5.41) is 9.60. The quantitative estimate of drug-likeness (QED) is 0.529. The molecule has 0 radical (unpaired) electrons. The Balaban J connectivity index is 2.29. The minimum atomic E-state index is -0.282. The van der Waals surface area contributed by atoms with Gasteiger partial charge in [-0.15, -0.1) is 0 Å². The minimum Gasteiger partial charge on any atom is -0.491 e. The average molecular weight is 324 g/mol. The fourth-order valence-electron chi connectivity index (χ4n) is 2.52. The summed E-state index contributed by atoms with van der Waals surface area (Å²) < 4.78 is 17.2. The lowest BCUT2D eigenvalue weighted by Crippen LogP contribution is -2.36. The lowest BCUT2D eigenvalue weighted by atomic mass is 10.1. The van der Waals surface area contributed by atoms with Crippen LogP contribution < -0.4 is 4.74 Å². The van der Waals surface area contributed by atoms with Crippen molar-refractivity contribution in [1.29, 1.82) is 0 Å². The molecule has 0 aliphatic carbocycles. The van der Waals surface area contributed by atoms with E-state index in [1.165, 1.54) is 19.3 Å². The van der Waals surface area contributed by atoms with Gasteiger partial charge in [0.15, 0.2) is 0 Å². The largest absolute Gasteiger partial charge is 0.491 e. The number of para-hydroxylation sites is 1. The van der Waals surface area contributed by atoms with Crippen molar-refractivity contribution in [3.63, 3.8) is 0 Å². The Hall–Kier alpha value is -1.10. The van der Waals surface area contributed by atoms with Crippen LogP contribution in [0.25, 0.3) is 0 Å². The van der Waals surface area contributed by atoms with Crippen LogP contribution in [0.3, 0.4) is 0 Å². The number of benzene rings is 1. The molecule has 1 N–H and O–H groups in total. The van der Waals surface area contributed by atoms with Gasteiger partial charge in [-0.25, -0.2) is 0 Å². The molecule has 4 nitrogen and oxygen atoms in total. The topological polar surface area (TPSA) is 47.9 Å². The Bertz CT molecular complexity index is 369. The first kappa shape index (κ1) is 19.9. The number of aliphatic hydroxyl groups is 1. The normalized spacial score (nSPS) is 13.7. The molecular formula is C19H32O4. The Labute approximate surface area is 140 Å². The molecule has 0 amide bonds.